The van der Waals surface area contributed by atoms with Crippen molar-refractivity contribution in [2.45, 2.75) is 51.5 Å². The molecule has 2 N–H and O–H groups in total. The Kier molecular flexibility index (Phi) is 4.81. The molecule has 1 unspecified atom stereocenters. The van der Waals surface area contributed by atoms with Gasteiger partial charge in [-0.15, -0.1) is 11.3 Å². The van der Waals surface area contributed by atoms with Crippen molar-refractivity contribution in [3.8, 4) is 0 Å². The summed E-state index contributed by atoms with van der Waals surface area (Å²) in [5.74, 6) is 0.733. The highest BCUT2D eigenvalue weighted by atomic mass is 32.1. The number of benzene rings is 1. The van der Waals surface area contributed by atoms with Gasteiger partial charge < -0.3 is 10.6 Å². The third-order valence-electron chi connectivity index (χ3n) is 5.07. The van der Waals surface area contributed by atoms with E-state index in [4.69, 9.17) is 0 Å². The third kappa shape index (κ3) is 4.15. The van der Waals surface area contributed by atoms with Crippen molar-refractivity contribution in [1.29, 1.82) is 0 Å². The van der Waals surface area contributed by atoms with Gasteiger partial charge >= 0.3 is 0 Å². The lowest BCUT2D eigenvalue weighted by Crippen LogP contribution is -2.26. The fourth-order valence-corrected chi connectivity index (χ4v) is 4.51. The Morgan fingerprint density at radius 1 is 1.15 bits per heavy atom. The molecule has 2 amide bonds. The number of fused-ring (bicyclic) bond motifs is 1. The van der Waals surface area contributed by atoms with Gasteiger partial charge in [-0.25, -0.2) is 0 Å². The molecule has 1 aromatic heterocycles. The van der Waals surface area contributed by atoms with Crippen LogP contribution >= 0.6 is 11.3 Å². The predicted molar refractivity (Wildman–Crippen MR) is 105 cm³/mol. The van der Waals surface area contributed by atoms with Crippen LogP contribution in [-0.4, -0.2) is 17.9 Å². The molecule has 0 spiro atoms. The van der Waals surface area contributed by atoms with Crippen LogP contribution in [0.2, 0.25) is 0 Å². The largest absolute Gasteiger partial charge is 0.353 e. The summed E-state index contributed by atoms with van der Waals surface area (Å²) in [6.07, 6.45) is 5.97. The van der Waals surface area contributed by atoms with Crippen molar-refractivity contribution in [1.82, 2.24) is 5.32 Å². The summed E-state index contributed by atoms with van der Waals surface area (Å²) in [6, 6.07) is 10.00. The molecule has 0 bridgehead atoms. The van der Waals surface area contributed by atoms with E-state index in [0.29, 0.717) is 18.4 Å². The first-order valence-corrected chi connectivity index (χ1v) is 10.2. The molecule has 0 saturated heterocycles. The highest BCUT2D eigenvalue weighted by Gasteiger charge is 2.23. The highest BCUT2D eigenvalue weighted by Crippen LogP contribution is 2.32. The van der Waals surface area contributed by atoms with Crippen LogP contribution in [-0.2, 0) is 24.1 Å². The molecule has 2 aliphatic carbocycles. The molecule has 2 aromatic rings. The molecule has 1 aromatic carbocycles. The standard InChI is InChI=1S/C21H24N2O2S/c1-13-2-9-18-15(10-13)12-19(26-18)21(25)23-17-5-3-14(4-6-17)11-20(24)22-16-7-8-16/h3-6,12-13,16H,2,7-11H2,1H3,(H,22,24)(H,23,25). The van der Waals surface area contributed by atoms with Gasteiger partial charge in [0.1, 0.15) is 0 Å². The van der Waals surface area contributed by atoms with E-state index in [1.54, 1.807) is 11.3 Å². The molecule has 0 aliphatic heterocycles. The van der Waals surface area contributed by atoms with E-state index in [2.05, 4.69) is 23.6 Å². The molecule has 4 nitrogen and oxygen atoms in total. The van der Waals surface area contributed by atoms with Gasteiger partial charge in [0.05, 0.1) is 11.3 Å². The maximum Gasteiger partial charge on any atom is 0.265 e. The summed E-state index contributed by atoms with van der Waals surface area (Å²) in [4.78, 5) is 26.5. The molecular formula is C21H24N2O2S. The van der Waals surface area contributed by atoms with E-state index >= 15 is 0 Å². The Hall–Kier alpha value is -2.14. The number of hydrogen-bond acceptors (Lipinski definition) is 3. The summed E-state index contributed by atoms with van der Waals surface area (Å²) >= 11 is 1.62. The molecule has 1 saturated carbocycles. The van der Waals surface area contributed by atoms with Crippen LogP contribution in [0.5, 0.6) is 0 Å². The summed E-state index contributed by atoms with van der Waals surface area (Å²) in [6.45, 7) is 2.27. The molecule has 2 aliphatic rings. The number of hydrogen-bond donors (Lipinski definition) is 2. The summed E-state index contributed by atoms with van der Waals surface area (Å²) in [7, 11) is 0. The van der Waals surface area contributed by atoms with E-state index in [1.165, 1.54) is 16.9 Å². The SMILES string of the molecule is CC1CCc2sc(C(=O)Nc3ccc(CC(=O)NC4CC4)cc3)cc2C1. The van der Waals surface area contributed by atoms with Gasteiger partial charge in [0.2, 0.25) is 5.91 Å². The molecule has 4 rings (SSSR count). The van der Waals surface area contributed by atoms with Gasteiger partial charge in [-0.2, -0.15) is 0 Å². The number of amides is 2. The van der Waals surface area contributed by atoms with Crippen LogP contribution < -0.4 is 10.6 Å². The molecule has 1 fully saturated rings. The number of carbonyl (C=O) groups excluding carboxylic acids is 2. The van der Waals surface area contributed by atoms with E-state index in [-0.39, 0.29) is 11.8 Å². The van der Waals surface area contributed by atoms with E-state index in [9.17, 15) is 9.59 Å². The molecule has 1 atom stereocenters. The van der Waals surface area contributed by atoms with Crippen molar-refractivity contribution >= 4 is 28.8 Å². The number of nitrogens with one attached hydrogen (secondary N) is 2. The smallest absolute Gasteiger partial charge is 0.265 e. The third-order valence-corrected chi connectivity index (χ3v) is 6.31. The second-order valence-electron chi connectivity index (χ2n) is 7.58. The average molecular weight is 369 g/mol. The van der Waals surface area contributed by atoms with Crippen LogP contribution in [0, 0.1) is 5.92 Å². The number of thiophene rings is 1. The maximum atomic E-state index is 12.5. The first-order valence-electron chi connectivity index (χ1n) is 9.38. The van der Waals surface area contributed by atoms with E-state index < -0.39 is 0 Å². The number of aryl methyl sites for hydroxylation is 1. The summed E-state index contributed by atoms with van der Waals surface area (Å²) in [5, 5.41) is 5.96. The van der Waals surface area contributed by atoms with Crippen molar-refractivity contribution in [2.24, 2.45) is 5.92 Å². The zero-order chi connectivity index (χ0) is 18.1. The predicted octanol–water partition coefficient (Wildman–Crippen LogP) is 3.95. The molecule has 136 valence electrons. The van der Waals surface area contributed by atoms with Crippen molar-refractivity contribution in [2.75, 3.05) is 5.32 Å². The van der Waals surface area contributed by atoms with Crippen LogP contribution in [0.1, 0.15) is 51.9 Å². The summed E-state index contributed by atoms with van der Waals surface area (Å²) in [5.41, 5.74) is 3.07. The van der Waals surface area contributed by atoms with Gasteiger partial charge in [0.15, 0.2) is 0 Å². The van der Waals surface area contributed by atoms with Gasteiger partial charge in [-0.1, -0.05) is 19.1 Å². The minimum absolute atomic E-state index is 0.0451. The Bertz CT molecular complexity index is 821. The quantitative estimate of drug-likeness (QED) is 0.840. The van der Waals surface area contributed by atoms with E-state index in [0.717, 1.165) is 41.8 Å². The van der Waals surface area contributed by atoms with Gasteiger partial charge in [0, 0.05) is 16.6 Å². The molecular weight excluding hydrogens is 344 g/mol. The number of rotatable bonds is 5. The minimum atomic E-state index is -0.0451. The number of carbonyl (C=O) groups is 2. The Morgan fingerprint density at radius 2 is 1.92 bits per heavy atom. The maximum absolute atomic E-state index is 12.5. The monoisotopic (exact) mass is 368 g/mol. The zero-order valence-corrected chi connectivity index (χ0v) is 15.8. The van der Waals surface area contributed by atoms with Gasteiger partial charge in [-0.05, 0) is 67.3 Å². The summed E-state index contributed by atoms with van der Waals surface area (Å²) < 4.78 is 0. The normalized spacial score (nSPS) is 18.9. The fourth-order valence-electron chi connectivity index (χ4n) is 3.41. The Labute approximate surface area is 158 Å². The van der Waals surface area contributed by atoms with Crippen molar-refractivity contribution in [3.05, 3.63) is 51.2 Å². The Morgan fingerprint density at radius 3 is 2.65 bits per heavy atom. The van der Waals surface area contributed by atoms with Crippen LogP contribution in [0.15, 0.2) is 30.3 Å². The number of anilines is 1. The highest BCUT2D eigenvalue weighted by molar-refractivity contribution is 7.14. The lowest BCUT2D eigenvalue weighted by atomic mass is 9.90. The first kappa shape index (κ1) is 17.3. The molecule has 0 radical (unpaired) electrons. The minimum Gasteiger partial charge on any atom is -0.353 e. The average Bonchev–Trinajstić information content (AvgIpc) is 3.31. The Balaban J connectivity index is 1.36. The van der Waals surface area contributed by atoms with Gasteiger partial charge in [0.25, 0.3) is 5.91 Å². The van der Waals surface area contributed by atoms with Crippen LogP contribution in [0.4, 0.5) is 5.69 Å². The lowest BCUT2D eigenvalue weighted by Gasteiger charge is -2.16. The van der Waals surface area contributed by atoms with Crippen molar-refractivity contribution in [3.63, 3.8) is 0 Å². The fraction of sp³-hybridized carbons (Fsp3) is 0.429. The molecule has 5 heteroatoms. The lowest BCUT2D eigenvalue weighted by molar-refractivity contribution is -0.120. The van der Waals surface area contributed by atoms with Crippen molar-refractivity contribution < 1.29 is 9.59 Å². The second kappa shape index (κ2) is 7.23. The van der Waals surface area contributed by atoms with Crippen LogP contribution in [0.25, 0.3) is 0 Å². The zero-order valence-electron chi connectivity index (χ0n) is 15.0. The molecule has 1 heterocycles. The van der Waals surface area contributed by atoms with Gasteiger partial charge in [-0.3, -0.25) is 9.59 Å². The van der Waals surface area contributed by atoms with Crippen LogP contribution in [0.3, 0.4) is 0 Å². The molecule has 26 heavy (non-hydrogen) atoms. The topological polar surface area (TPSA) is 58.2 Å². The van der Waals surface area contributed by atoms with E-state index in [1.807, 2.05) is 24.3 Å². The first-order chi connectivity index (χ1) is 12.6. The second-order valence-corrected chi connectivity index (χ2v) is 8.71.